The van der Waals surface area contributed by atoms with Crippen LogP contribution in [0.2, 0.25) is 0 Å². The van der Waals surface area contributed by atoms with Crippen molar-refractivity contribution in [3.63, 3.8) is 0 Å². The van der Waals surface area contributed by atoms with E-state index in [9.17, 15) is 4.39 Å². The van der Waals surface area contributed by atoms with Gasteiger partial charge >= 0.3 is 0 Å². The third-order valence-corrected chi connectivity index (χ3v) is 4.80. The summed E-state index contributed by atoms with van der Waals surface area (Å²) in [6, 6.07) is 5.90. The summed E-state index contributed by atoms with van der Waals surface area (Å²) in [5.74, 6) is 0.393. The zero-order chi connectivity index (χ0) is 13.8. The Balaban J connectivity index is 2.02. The molecule has 1 aliphatic carbocycles. The highest BCUT2D eigenvalue weighted by molar-refractivity contribution is 9.10. The van der Waals surface area contributed by atoms with E-state index in [4.69, 9.17) is 5.73 Å². The Morgan fingerprint density at radius 2 is 2.11 bits per heavy atom. The second-order valence-electron chi connectivity index (χ2n) is 5.51. The van der Waals surface area contributed by atoms with Crippen molar-refractivity contribution in [3.8, 4) is 0 Å². The van der Waals surface area contributed by atoms with Crippen LogP contribution in [0.15, 0.2) is 22.7 Å². The fourth-order valence-corrected chi connectivity index (χ4v) is 3.33. The zero-order valence-corrected chi connectivity index (χ0v) is 13.0. The molecule has 0 aliphatic heterocycles. The summed E-state index contributed by atoms with van der Waals surface area (Å²) in [6.07, 6.45) is 5.00. The highest BCUT2D eigenvalue weighted by Gasteiger charge is 2.27. The maximum Gasteiger partial charge on any atom is 0.137 e. The molecule has 0 saturated heterocycles. The summed E-state index contributed by atoms with van der Waals surface area (Å²) in [7, 11) is 2.12. The average Bonchev–Trinajstić information content (AvgIpc) is 2.43. The normalized spacial score (nSPS) is 23.8. The molecule has 106 valence electrons. The van der Waals surface area contributed by atoms with E-state index >= 15 is 0 Å². The monoisotopic (exact) mass is 328 g/mol. The van der Waals surface area contributed by atoms with E-state index in [0.717, 1.165) is 18.7 Å². The van der Waals surface area contributed by atoms with Gasteiger partial charge in [-0.2, -0.15) is 0 Å². The zero-order valence-electron chi connectivity index (χ0n) is 11.4. The molecule has 2 nitrogen and oxygen atoms in total. The fraction of sp³-hybridized carbons (Fsp3) is 0.600. The van der Waals surface area contributed by atoms with Gasteiger partial charge in [-0.25, -0.2) is 4.39 Å². The molecule has 1 saturated carbocycles. The molecular formula is C15H22BrFN2. The molecule has 2 unspecified atom stereocenters. The van der Waals surface area contributed by atoms with Crippen molar-refractivity contribution in [2.24, 2.45) is 11.7 Å². The third-order valence-electron chi connectivity index (χ3n) is 4.15. The first-order valence-corrected chi connectivity index (χ1v) is 7.75. The summed E-state index contributed by atoms with van der Waals surface area (Å²) < 4.78 is 14.1. The Morgan fingerprint density at radius 1 is 1.37 bits per heavy atom. The highest BCUT2D eigenvalue weighted by Crippen LogP contribution is 2.28. The number of rotatable bonds is 4. The Hall–Kier alpha value is -0.450. The second-order valence-corrected chi connectivity index (χ2v) is 6.37. The molecule has 4 heteroatoms. The van der Waals surface area contributed by atoms with Crippen LogP contribution in [-0.2, 0) is 6.54 Å². The van der Waals surface area contributed by atoms with E-state index in [1.54, 1.807) is 12.1 Å². The number of nitrogens with zero attached hydrogens (tertiary/aromatic N) is 1. The molecule has 2 N–H and O–H groups in total. The summed E-state index contributed by atoms with van der Waals surface area (Å²) in [5.41, 5.74) is 6.89. The van der Waals surface area contributed by atoms with Gasteiger partial charge in [0.25, 0.3) is 0 Å². The number of nitrogens with two attached hydrogens (primary N) is 1. The van der Waals surface area contributed by atoms with Gasteiger partial charge in [-0.1, -0.05) is 18.9 Å². The van der Waals surface area contributed by atoms with Gasteiger partial charge in [0.2, 0.25) is 0 Å². The van der Waals surface area contributed by atoms with Crippen molar-refractivity contribution in [2.75, 3.05) is 13.6 Å². The fourth-order valence-electron chi connectivity index (χ4n) is 3.09. The number of benzene rings is 1. The molecule has 1 aromatic rings. The van der Waals surface area contributed by atoms with Gasteiger partial charge in [0.1, 0.15) is 5.82 Å². The molecule has 2 rings (SSSR count). The summed E-state index contributed by atoms with van der Waals surface area (Å²) in [5, 5.41) is 0. The van der Waals surface area contributed by atoms with Crippen molar-refractivity contribution in [2.45, 2.75) is 38.3 Å². The number of hydrogen-bond acceptors (Lipinski definition) is 2. The van der Waals surface area contributed by atoms with Gasteiger partial charge in [0, 0.05) is 12.6 Å². The smallest absolute Gasteiger partial charge is 0.137 e. The molecule has 0 aromatic heterocycles. The second kappa shape index (κ2) is 6.82. The van der Waals surface area contributed by atoms with Crippen LogP contribution in [0.1, 0.15) is 31.2 Å². The van der Waals surface area contributed by atoms with Crippen LogP contribution in [-0.4, -0.2) is 24.5 Å². The van der Waals surface area contributed by atoms with Crippen LogP contribution in [0.5, 0.6) is 0 Å². The minimum Gasteiger partial charge on any atom is -0.330 e. The van der Waals surface area contributed by atoms with Crippen LogP contribution >= 0.6 is 15.9 Å². The van der Waals surface area contributed by atoms with E-state index in [-0.39, 0.29) is 5.82 Å². The molecular weight excluding hydrogens is 307 g/mol. The maximum absolute atomic E-state index is 13.5. The lowest BCUT2D eigenvalue weighted by Gasteiger charge is -2.37. The predicted molar refractivity (Wildman–Crippen MR) is 80.4 cm³/mol. The van der Waals surface area contributed by atoms with Crippen molar-refractivity contribution in [1.29, 1.82) is 0 Å². The first kappa shape index (κ1) is 14.9. The first-order valence-electron chi connectivity index (χ1n) is 6.96. The molecule has 0 spiro atoms. The molecule has 2 atom stereocenters. The Bertz CT molecular complexity index is 425. The minimum atomic E-state index is -0.190. The lowest BCUT2D eigenvalue weighted by Crippen LogP contribution is -2.42. The first-order chi connectivity index (χ1) is 9.11. The maximum atomic E-state index is 13.5. The molecule has 0 amide bonds. The Morgan fingerprint density at radius 3 is 2.79 bits per heavy atom. The van der Waals surface area contributed by atoms with Crippen LogP contribution in [0.3, 0.4) is 0 Å². The van der Waals surface area contributed by atoms with Gasteiger partial charge in [0.05, 0.1) is 4.47 Å². The number of halogens is 2. The van der Waals surface area contributed by atoms with E-state index in [0.29, 0.717) is 16.4 Å². The van der Waals surface area contributed by atoms with Crippen molar-refractivity contribution < 1.29 is 4.39 Å². The summed E-state index contributed by atoms with van der Waals surface area (Å²) in [4.78, 5) is 2.33. The molecule has 19 heavy (non-hydrogen) atoms. The quantitative estimate of drug-likeness (QED) is 0.915. The van der Waals surface area contributed by atoms with Gasteiger partial charge in [0.15, 0.2) is 0 Å². The van der Waals surface area contributed by atoms with E-state index in [1.165, 1.54) is 25.7 Å². The Labute approximate surface area is 123 Å². The SMILES string of the molecule is CN(Cc1ccc(Br)c(F)c1)C1CCCCC1CN. The van der Waals surface area contributed by atoms with Crippen LogP contribution < -0.4 is 5.73 Å². The number of hydrogen-bond donors (Lipinski definition) is 1. The largest absolute Gasteiger partial charge is 0.330 e. The third kappa shape index (κ3) is 3.77. The molecule has 0 heterocycles. The topological polar surface area (TPSA) is 29.3 Å². The standard InChI is InChI=1S/C15H22BrFN2/c1-19(15-5-3-2-4-12(15)9-18)10-11-6-7-13(16)14(17)8-11/h6-8,12,15H,2-5,9-10,18H2,1H3. The molecule has 0 bridgehead atoms. The molecule has 1 aliphatic rings. The molecule has 0 radical (unpaired) electrons. The van der Waals surface area contributed by atoms with Crippen LogP contribution in [0, 0.1) is 11.7 Å². The van der Waals surface area contributed by atoms with Crippen molar-refractivity contribution >= 4 is 15.9 Å². The predicted octanol–water partition coefficient (Wildman–Crippen LogP) is 3.54. The Kier molecular flexibility index (Phi) is 5.37. The average molecular weight is 329 g/mol. The van der Waals surface area contributed by atoms with Gasteiger partial charge in [-0.05, 0) is 66.0 Å². The van der Waals surface area contributed by atoms with Gasteiger partial charge < -0.3 is 5.73 Å². The van der Waals surface area contributed by atoms with Crippen molar-refractivity contribution in [3.05, 3.63) is 34.1 Å². The van der Waals surface area contributed by atoms with E-state index < -0.39 is 0 Å². The summed E-state index contributed by atoms with van der Waals surface area (Å²) in [6.45, 7) is 1.54. The van der Waals surface area contributed by atoms with Crippen LogP contribution in [0.25, 0.3) is 0 Å². The van der Waals surface area contributed by atoms with Crippen molar-refractivity contribution in [1.82, 2.24) is 4.90 Å². The van der Waals surface area contributed by atoms with E-state index in [2.05, 4.69) is 27.9 Å². The lowest BCUT2D eigenvalue weighted by molar-refractivity contribution is 0.127. The summed E-state index contributed by atoms with van der Waals surface area (Å²) >= 11 is 3.19. The van der Waals surface area contributed by atoms with E-state index in [1.807, 2.05) is 6.07 Å². The molecule has 1 aromatic carbocycles. The van der Waals surface area contributed by atoms with Gasteiger partial charge in [-0.3, -0.25) is 4.90 Å². The lowest BCUT2D eigenvalue weighted by atomic mass is 9.83. The minimum absolute atomic E-state index is 0.190. The molecule has 1 fully saturated rings. The highest BCUT2D eigenvalue weighted by atomic mass is 79.9. The van der Waals surface area contributed by atoms with Gasteiger partial charge in [-0.15, -0.1) is 0 Å². The van der Waals surface area contributed by atoms with Crippen LogP contribution in [0.4, 0.5) is 4.39 Å².